The fourth-order valence-electron chi connectivity index (χ4n) is 4.01. The fourth-order valence-corrected chi connectivity index (χ4v) is 4.83. The number of carboxylic acids is 1. The van der Waals surface area contributed by atoms with Gasteiger partial charge in [-0.15, -0.1) is 11.3 Å². The largest absolute Gasteiger partial charge is 0.481 e. The van der Waals surface area contributed by atoms with Crippen LogP contribution in [0.1, 0.15) is 35.5 Å². The Morgan fingerprint density at radius 3 is 2.59 bits per heavy atom. The molecule has 1 atom stereocenters. The smallest absolute Gasteiger partial charge is 0.307 e. The summed E-state index contributed by atoms with van der Waals surface area (Å²) in [6, 6.07) is 6.36. The van der Waals surface area contributed by atoms with E-state index in [9.17, 15) is 14.0 Å². The van der Waals surface area contributed by atoms with Gasteiger partial charge in [-0.05, 0) is 42.4 Å². The van der Waals surface area contributed by atoms with Crippen molar-refractivity contribution in [2.75, 3.05) is 13.1 Å². The third-order valence-corrected chi connectivity index (χ3v) is 6.70. The molecule has 1 aromatic heterocycles. The molecule has 1 N–H and O–H groups in total. The van der Waals surface area contributed by atoms with Crippen molar-refractivity contribution >= 4 is 23.2 Å². The Morgan fingerprint density at radius 2 is 1.96 bits per heavy atom. The van der Waals surface area contributed by atoms with E-state index in [2.05, 4.69) is 4.98 Å². The number of likely N-dealkylation sites (tertiary alicyclic amines) is 1. The van der Waals surface area contributed by atoms with Crippen molar-refractivity contribution in [3.63, 3.8) is 0 Å². The molecule has 2 fully saturated rings. The lowest BCUT2D eigenvalue weighted by Crippen LogP contribution is -2.40. The molecular weight excluding hydrogens is 367 g/mol. The Labute approximate surface area is 160 Å². The predicted molar refractivity (Wildman–Crippen MR) is 99.0 cm³/mol. The molecule has 1 saturated carbocycles. The number of amides is 1. The van der Waals surface area contributed by atoms with Gasteiger partial charge in [0.1, 0.15) is 5.82 Å². The Bertz CT molecular complexity index is 856. The van der Waals surface area contributed by atoms with Gasteiger partial charge in [-0.25, -0.2) is 9.37 Å². The van der Waals surface area contributed by atoms with Gasteiger partial charge in [-0.1, -0.05) is 12.1 Å². The number of aliphatic carboxylic acids is 1. The number of rotatable bonds is 5. The van der Waals surface area contributed by atoms with Crippen LogP contribution >= 0.6 is 11.3 Å². The summed E-state index contributed by atoms with van der Waals surface area (Å²) in [6.45, 7) is 1.27. The van der Waals surface area contributed by atoms with Crippen LogP contribution in [-0.4, -0.2) is 40.0 Å². The second-order valence-corrected chi connectivity index (χ2v) is 8.49. The van der Waals surface area contributed by atoms with Crippen molar-refractivity contribution in [1.82, 2.24) is 9.88 Å². The number of carboxylic acid groups (broad SMARTS) is 1. The first-order valence-corrected chi connectivity index (χ1v) is 10.0. The Balaban J connectivity index is 1.30. The van der Waals surface area contributed by atoms with E-state index in [0.717, 1.165) is 35.5 Å². The van der Waals surface area contributed by atoms with Gasteiger partial charge in [0.2, 0.25) is 5.91 Å². The standard InChI is InChI=1S/C20H21FN2O3S/c21-14-3-1-13(2-4-14)9-17-22-15(12-27-17)10-18(24)23-7-5-20(6-8-23)11-16(20)19(25)26/h1-4,12,16H,5-11H2,(H,25,26). The van der Waals surface area contributed by atoms with E-state index in [0.29, 0.717) is 19.5 Å². The summed E-state index contributed by atoms with van der Waals surface area (Å²) in [4.78, 5) is 30.1. The third kappa shape index (κ3) is 3.88. The number of carbonyl (C=O) groups excluding carboxylic acids is 1. The van der Waals surface area contributed by atoms with Crippen molar-refractivity contribution in [1.29, 1.82) is 0 Å². The van der Waals surface area contributed by atoms with E-state index in [4.69, 9.17) is 5.11 Å². The number of thiazole rings is 1. The Hall–Kier alpha value is -2.28. The summed E-state index contributed by atoms with van der Waals surface area (Å²) in [5.74, 6) is -1.13. The number of carbonyl (C=O) groups is 2. The first kappa shape index (κ1) is 18.1. The lowest BCUT2D eigenvalue weighted by atomic mass is 9.90. The van der Waals surface area contributed by atoms with Crippen molar-refractivity contribution in [2.45, 2.75) is 32.1 Å². The molecule has 1 aromatic carbocycles. The summed E-state index contributed by atoms with van der Waals surface area (Å²) in [5.41, 5.74) is 1.69. The van der Waals surface area contributed by atoms with Gasteiger partial charge in [0.05, 0.1) is 23.0 Å². The zero-order chi connectivity index (χ0) is 19.0. The molecule has 4 rings (SSSR count). The lowest BCUT2D eigenvalue weighted by molar-refractivity contribution is -0.139. The molecule has 2 aromatic rings. The molecule has 1 aliphatic heterocycles. The van der Waals surface area contributed by atoms with Crippen LogP contribution in [0.4, 0.5) is 4.39 Å². The van der Waals surface area contributed by atoms with Gasteiger partial charge in [0.15, 0.2) is 0 Å². The second kappa shape index (κ2) is 7.03. The van der Waals surface area contributed by atoms with Gasteiger partial charge in [0, 0.05) is 24.9 Å². The number of hydrogen-bond donors (Lipinski definition) is 1. The van der Waals surface area contributed by atoms with Crippen LogP contribution in [0.15, 0.2) is 29.6 Å². The first-order valence-electron chi connectivity index (χ1n) is 9.13. The maximum atomic E-state index is 13.0. The van der Waals surface area contributed by atoms with Crippen molar-refractivity contribution < 1.29 is 19.1 Å². The van der Waals surface area contributed by atoms with Crippen LogP contribution in [0.3, 0.4) is 0 Å². The van der Waals surface area contributed by atoms with E-state index in [1.165, 1.54) is 23.5 Å². The van der Waals surface area contributed by atoms with Crippen molar-refractivity contribution in [3.8, 4) is 0 Å². The zero-order valence-corrected chi connectivity index (χ0v) is 15.7. The maximum Gasteiger partial charge on any atom is 0.307 e. The van der Waals surface area contributed by atoms with Gasteiger partial charge >= 0.3 is 5.97 Å². The highest BCUT2D eigenvalue weighted by molar-refractivity contribution is 7.09. The van der Waals surface area contributed by atoms with Crippen LogP contribution in [0.25, 0.3) is 0 Å². The third-order valence-electron chi connectivity index (χ3n) is 5.80. The van der Waals surface area contributed by atoms with Crippen LogP contribution in [-0.2, 0) is 22.4 Å². The summed E-state index contributed by atoms with van der Waals surface area (Å²) >= 11 is 1.51. The van der Waals surface area contributed by atoms with Gasteiger partial charge in [-0.2, -0.15) is 0 Å². The molecule has 0 bridgehead atoms. The van der Waals surface area contributed by atoms with Crippen LogP contribution < -0.4 is 0 Å². The maximum absolute atomic E-state index is 13.0. The molecule has 1 amide bonds. The highest BCUT2D eigenvalue weighted by Gasteiger charge is 2.59. The topological polar surface area (TPSA) is 70.5 Å². The van der Waals surface area contributed by atoms with Gasteiger partial charge in [-0.3, -0.25) is 9.59 Å². The summed E-state index contributed by atoms with van der Waals surface area (Å²) < 4.78 is 13.0. The normalized spacial score (nSPS) is 20.6. The summed E-state index contributed by atoms with van der Waals surface area (Å²) in [7, 11) is 0. The predicted octanol–water partition coefficient (Wildman–Crippen LogP) is 3.13. The van der Waals surface area contributed by atoms with Gasteiger partial charge < -0.3 is 10.0 Å². The van der Waals surface area contributed by atoms with Crippen LogP contribution in [0.5, 0.6) is 0 Å². The molecule has 1 saturated heterocycles. The fraction of sp³-hybridized carbons (Fsp3) is 0.450. The highest BCUT2D eigenvalue weighted by Crippen LogP contribution is 2.59. The van der Waals surface area contributed by atoms with E-state index >= 15 is 0 Å². The number of nitrogens with zero attached hydrogens (tertiary/aromatic N) is 2. The summed E-state index contributed by atoms with van der Waals surface area (Å²) in [6.07, 6.45) is 3.21. The van der Waals surface area contributed by atoms with E-state index in [1.54, 1.807) is 12.1 Å². The molecule has 0 radical (unpaired) electrons. The minimum Gasteiger partial charge on any atom is -0.481 e. The number of aromatic nitrogens is 1. The molecule has 142 valence electrons. The Morgan fingerprint density at radius 1 is 1.26 bits per heavy atom. The molecule has 1 spiro atoms. The average molecular weight is 388 g/mol. The van der Waals surface area contributed by atoms with E-state index in [1.807, 2.05) is 10.3 Å². The van der Waals surface area contributed by atoms with Crippen LogP contribution in [0, 0.1) is 17.2 Å². The van der Waals surface area contributed by atoms with E-state index < -0.39 is 5.97 Å². The Kier molecular flexibility index (Phi) is 4.72. The van der Waals surface area contributed by atoms with Gasteiger partial charge in [0.25, 0.3) is 0 Å². The monoisotopic (exact) mass is 388 g/mol. The number of piperidine rings is 1. The number of hydrogen-bond acceptors (Lipinski definition) is 4. The number of benzene rings is 1. The highest BCUT2D eigenvalue weighted by atomic mass is 32.1. The average Bonchev–Trinajstić information content (AvgIpc) is 3.17. The molecule has 1 unspecified atom stereocenters. The SMILES string of the molecule is O=C(O)C1CC12CCN(C(=O)Cc1csc(Cc3ccc(F)cc3)n1)CC2. The minimum absolute atomic E-state index is 0.0519. The van der Waals surface area contributed by atoms with Crippen molar-refractivity contribution in [2.24, 2.45) is 11.3 Å². The lowest BCUT2D eigenvalue weighted by Gasteiger charge is -2.32. The molecule has 27 heavy (non-hydrogen) atoms. The zero-order valence-electron chi connectivity index (χ0n) is 14.9. The summed E-state index contributed by atoms with van der Waals surface area (Å²) in [5, 5.41) is 12.0. The second-order valence-electron chi connectivity index (χ2n) is 7.55. The number of halogens is 1. The van der Waals surface area contributed by atoms with E-state index in [-0.39, 0.29) is 29.5 Å². The van der Waals surface area contributed by atoms with Crippen LogP contribution in [0.2, 0.25) is 0 Å². The molecule has 2 aliphatic rings. The molecule has 5 nitrogen and oxygen atoms in total. The first-order chi connectivity index (χ1) is 12.9. The quantitative estimate of drug-likeness (QED) is 0.854. The minimum atomic E-state index is -0.703. The molecule has 7 heteroatoms. The molecule has 1 aliphatic carbocycles. The molecule has 2 heterocycles. The molecular formula is C20H21FN2O3S. The van der Waals surface area contributed by atoms with Crippen molar-refractivity contribution in [3.05, 3.63) is 51.7 Å².